The zero-order valence-electron chi connectivity index (χ0n) is 5.29. The summed E-state index contributed by atoms with van der Waals surface area (Å²) in [7, 11) is 0. The fraction of sp³-hybridized carbons (Fsp3) is 0. The molecule has 0 fully saturated rings. The van der Waals surface area contributed by atoms with Gasteiger partial charge in [0, 0.05) is 0 Å². The van der Waals surface area contributed by atoms with Crippen molar-refractivity contribution in [3.8, 4) is 0 Å². The monoisotopic (exact) mass is 274 g/mol. The van der Waals surface area contributed by atoms with Crippen molar-refractivity contribution in [2.24, 2.45) is 0 Å². The molecule has 0 N–H and O–H groups in total. The van der Waals surface area contributed by atoms with Gasteiger partial charge in [-0.1, -0.05) is 45.8 Å². The van der Waals surface area contributed by atoms with Gasteiger partial charge in [-0.05, 0) is 0 Å². The van der Waals surface area contributed by atoms with Crippen LogP contribution in [0.4, 0.5) is 0 Å². The first kappa shape index (κ1) is 11.1. The van der Waals surface area contributed by atoms with Crippen LogP contribution in [0.2, 0.25) is 5.02 Å². The molecule has 0 atom stereocenters. The maximum absolute atomic E-state index is 5.67. The van der Waals surface area contributed by atoms with Crippen LogP contribution in [-0.2, 0) is 0 Å². The van der Waals surface area contributed by atoms with Gasteiger partial charge in [0.1, 0.15) is 0 Å². The van der Waals surface area contributed by atoms with Gasteiger partial charge in [0.05, 0.1) is 0 Å². The summed E-state index contributed by atoms with van der Waals surface area (Å²) in [6, 6.07) is 6.53. The van der Waals surface area contributed by atoms with E-state index < -0.39 is 0 Å². The second kappa shape index (κ2) is 4.85. The van der Waals surface area contributed by atoms with Gasteiger partial charge < -0.3 is 0 Å². The average Bonchev–Trinajstić information content (AvgIpc) is 1.59. The standard InChI is InChI=1S/C6H2Br2Cl.Li/c7-4-1-5(8)3-6(9)2-4;/h2-3H;/q-1;+1. The molecular weight excluding hydrogens is 274 g/mol. The summed E-state index contributed by atoms with van der Waals surface area (Å²) in [4.78, 5) is 0. The molecule has 10 heavy (non-hydrogen) atoms. The molecule has 4 heteroatoms. The zero-order chi connectivity index (χ0) is 6.85. The normalized spacial score (nSPS) is 8.70. The fourth-order valence-electron chi connectivity index (χ4n) is 0.470. The van der Waals surface area contributed by atoms with Crippen LogP contribution in [0, 0.1) is 6.07 Å². The zero-order valence-corrected chi connectivity index (χ0v) is 9.22. The van der Waals surface area contributed by atoms with Crippen LogP contribution in [0.15, 0.2) is 21.1 Å². The van der Waals surface area contributed by atoms with E-state index in [0.29, 0.717) is 5.02 Å². The minimum atomic E-state index is 0. The Bertz CT molecular complexity index is 177. The summed E-state index contributed by atoms with van der Waals surface area (Å²) in [6.07, 6.45) is 0. The van der Waals surface area contributed by atoms with Crippen LogP contribution in [0.3, 0.4) is 0 Å². The third-order valence-electron chi connectivity index (χ3n) is 0.768. The van der Waals surface area contributed by atoms with Crippen molar-refractivity contribution < 1.29 is 18.9 Å². The van der Waals surface area contributed by atoms with Crippen molar-refractivity contribution in [2.45, 2.75) is 0 Å². The molecular formula is C6H2Br2ClLi. The van der Waals surface area contributed by atoms with Gasteiger partial charge in [0.25, 0.3) is 0 Å². The first-order valence-corrected chi connectivity index (χ1v) is 4.19. The maximum Gasteiger partial charge on any atom is 1.00 e. The van der Waals surface area contributed by atoms with Gasteiger partial charge in [0.15, 0.2) is 0 Å². The van der Waals surface area contributed by atoms with Crippen LogP contribution in [0.25, 0.3) is 0 Å². The molecule has 0 spiro atoms. The van der Waals surface area contributed by atoms with Gasteiger partial charge in [-0.15, -0.1) is 23.7 Å². The summed E-state index contributed by atoms with van der Waals surface area (Å²) < 4.78 is 1.73. The first-order valence-electron chi connectivity index (χ1n) is 2.22. The Kier molecular flexibility index (Phi) is 5.36. The van der Waals surface area contributed by atoms with Gasteiger partial charge >= 0.3 is 18.9 Å². The Labute approximate surface area is 93.8 Å². The molecule has 0 aliphatic heterocycles. The van der Waals surface area contributed by atoms with Crippen LogP contribution in [0.1, 0.15) is 0 Å². The van der Waals surface area contributed by atoms with Gasteiger partial charge in [-0.25, -0.2) is 0 Å². The van der Waals surface area contributed by atoms with Crippen molar-refractivity contribution in [1.29, 1.82) is 0 Å². The number of hydrogen-bond acceptors (Lipinski definition) is 0. The van der Waals surface area contributed by atoms with Crippen LogP contribution < -0.4 is 18.9 Å². The van der Waals surface area contributed by atoms with Crippen molar-refractivity contribution in [2.75, 3.05) is 0 Å². The Morgan fingerprint density at radius 1 is 1.20 bits per heavy atom. The number of hydrogen-bond donors (Lipinski definition) is 0. The molecule has 0 aliphatic carbocycles. The molecule has 0 bridgehead atoms. The molecule has 0 saturated heterocycles. The second-order valence-corrected chi connectivity index (χ2v) is 3.64. The van der Waals surface area contributed by atoms with Crippen molar-refractivity contribution in [1.82, 2.24) is 0 Å². The van der Waals surface area contributed by atoms with E-state index >= 15 is 0 Å². The third-order valence-corrected chi connectivity index (χ3v) is 1.84. The maximum atomic E-state index is 5.67. The summed E-state index contributed by atoms with van der Waals surface area (Å²) in [5.41, 5.74) is 0. The summed E-state index contributed by atoms with van der Waals surface area (Å²) in [6.45, 7) is 0. The van der Waals surface area contributed by atoms with Gasteiger partial charge in [-0.3, -0.25) is 0 Å². The largest absolute Gasteiger partial charge is 1.00 e. The van der Waals surface area contributed by atoms with E-state index in [1.165, 1.54) is 0 Å². The Balaban J connectivity index is 0.000000810. The molecule has 0 radical (unpaired) electrons. The van der Waals surface area contributed by atoms with E-state index in [1.807, 2.05) is 0 Å². The molecule has 1 aromatic carbocycles. The second-order valence-electron chi connectivity index (χ2n) is 1.49. The molecule has 1 aromatic rings. The Morgan fingerprint density at radius 3 is 1.90 bits per heavy atom. The Hall–Kier alpha value is 1.07. The SMILES string of the molecule is Clc1cc(Br)[c-]c(Br)c1.[Li+]. The predicted molar refractivity (Wildman–Crippen MR) is 45.7 cm³/mol. The van der Waals surface area contributed by atoms with E-state index in [-0.39, 0.29) is 18.9 Å². The minimum Gasteiger partial charge on any atom is -0.154 e. The van der Waals surface area contributed by atoms with Gasteiger partial charge in [-0.2, -0.15) is 6.07 Å². The molecule has 48 valence electrons. The van der Waals surface area contributed by atoms with Crippen molar-refractivity contribution >= 4 is 43.5 Å². The summed E-state index contributed by atoms with van der Waals surface area (Å²) in [5, 5.41) is 0.701. The molecule has 0 nitrogen and oxygen atoms in total. The van der Waals surface area contributed by atoms with Gasteiger partial charge in [0.2, 0.25) is 0 Å². The van der Waals surface area contributed by atoms with Crippen molar-refractivity contribution in [3.05, 3.63) is 32.2 Å². The fourth-order valence-corrected chi connectivity index (χ4v) is 2.14. The third kappa shape index (κ3) is 3.46. The topological polar surface area (TPSA) is 0 Å². The molecule has 0 amide bonds. The van der Waals surface area contributed by atoms with Crippen molar-refractivity contribution in [3.63, 3.8) is 0 Å². The van der Waals surface area contributed by atoms with E-state index in [1.54, 1.807) is 12.1 Å². The molecule has 0 unspecified atom stereocenters. The van der Waals surface area contributed by atoms with Crippen LogP contribution >= 0.6 is 43.5 Å². The molecule has 0 aliphatic rings. The molecule has 1 rings (SSSR count). The van der Waals surface area contributed by atoms with Crippen LogP contribution in [-0.4, -0.2) is 0 Å². The van der Waals surface area contributed by atoms with E-state index in [0.717, 1.165) is 8.95 Å². The predicted octanol–water partition coefficient (Wildman–Crippen LogP) is 0.669. The summed E-state index contributed by atoms with van der Waals surface area (Å²) >= 11 is 12.2. The quantitative estimate of drug-likeness (QED) is 0.483. The molecule has 0 aromatic heterocycles. The average molecular weight is 276 g/mol. The summed E-state index contributed by atoms with van der Waals surface area (Å²) in [5.74, 6) is 0. The van der Waals surface area contributed by atoms with Crippen LogP contribution in [0.5, 0.6) is 0 Å². The number of rotatable bonds is 0. The number of benzene rings is 1. The minimum absolute atomic E-state index is 0. The number of halogens is 3. The van der Waals surface area contributed by atoms with E-state index in [2.05, 4.69) is 37.9 Å². The molecule has 0 heterocycles. The molecule has 0 saturated carbocycles. The first-order chi connectivity index (χ1) is 4.18. The smallest absolute Gasteiger partial charge is 0.154 e. The Morgan fingerprint density at radius 2 is 1.60 bits per heavy atom. The van der Waals surface area contributed by atoms with E-state index in [4.69, 9.17) is 11.6 Å². The van der Waals surface area contributed by atoms with E-state index in [9.17, 15) is 0 Å².